The molecule has 126 valence electrons. The number of esters is 1. The summed E-state index contributed by atoms with van der Waals surface area (Å²) in [5.74, 6) is 0.0654. The molecule has 8 heteroatoms. The lowest BCUT2D eigenvalue weighted by Gasteiger charge is -2.11. The summed E-state index contributed by atoms with van der Waals surface area (Å²) in [4.78, 5) is 17.4. The van der Waals surface area contributed by atoms with Gasteiger partial charge in [-0.05, 0) is 26.0 Å². The molecule has 0 unspecified atom stereocenters. The summed E-state index contributed by atoms with van der Waals surface area (Å²) in [5.41, 5.74) is 2.42. The Balaban J connectivity index is 2.25. The van der Waals surface area contributed by atoms with Crippen molar-refractivity contribution < 1.29 is 14.3 Å². The van der Waals surface area contributed by atoms with E-state index in [1.165, 1.54) is 18.4 Å². The second-order valence-electron chi connectivity index (χ2n) is 4.94. The van der Waals surface area contributed by atoms with Gasteiger partial charge in [0.25, 0.3) is 0 Å². The van der Waals surface area contributed by atoms with Crippen LogP contribution >= 0.6 is 34.5 Å². The van der Waals surface area contributed by atoms with Crippen molar-refractivity contribution in [3.05, 3.63) is 38.9 Å². The Hall–Kier alpha value is -1.76. The minimum absolute atomic E-state index is 0.310. The van der Waals surface area contributed by atoms with Gasteiger partial charge in [0.05, 0.1) is 35.0 Å². The van der Waals surface area contributed by atoms with Crippen molar-refractivity contribution in [3.8, 4) is 17.0 Å². The lowest BCUT2D eigenvalue weighted by Crippen LogP contribution is -2.08. The molecule has 2 heterocycles. The first-order valence-electron chi connectivity index (χ1n) is 7.15. The van der Waals surface area contributed by atoms with Gasteiger partial charge >= 0.3 is 5.97 Å². The number of aryl methyl sites for hydroxylation is 1. The second kappa shape index (κ2) is 6.63. The van der Waals surface area contributed by atoms with Crippen molar-refractivity contribution in [2.45, 2.75) is 13.8 Å². The maximum atomic E-state index is 12.1. The SMILES string of the molecule is CCOC(=O)c1csc2nc(-c3c(Cl)ccc(Cl)c3OC)c(C)n12. The third-order valence-electron chi connectivity index (χ3n) is 3.58. The van der Waals surface area contributed by atoms with Crippen molar-refractivity contribution in [2.75, 3.05) is 13.7 Å². The molecule has 0 radical (unpaired) electrons. The number of imidazole rings is 1. The molecule has 3 rings (SSSR count). The van der Waals surface area contributed by atoms with Gasteiger partial charge in [-0.3, -0.25) is 4.40 Å². The lowest BCUT2D eigenvalue weighted by molar-refractivity contribution is 0.0518. The van der Waals surface area contributed by atoms with Crippen LogP contribution in [0.4, 0.5) is 0 Å². The Morgan fingerprint density at radius 1 is 1.33 bits per heavy atom. The first-order valence-corrected chi connectivity index (χ1v) is 8.79. The molecule has 0 amide bonds. The van der Waals surface area contributed by atoms with Gasteiger partial charge in [-0.15, -0.1) is 11.3 Å². The van der Waals surface area contributed by atoms with E-state index in [-0.39, 0.29) is 5.97 Å². The molecule has 0 aliphatic carbocycles. The van der Waals surface area contributed by atoms with Gasteiger partial charge in [-0.2, -0.15) is 0 Å². The average Bonchev–Trinajstić information content (AvgIpc) is 3.10. The Morgan fingerprint density at radius 2 is 2.04 bits per heavy atom. The zero-order chi connectivity index (χ0) is 17.4. The molecule has 5 nitrogen and oxygen atoms in total. The summed E-state index contributed by atoms with van der Waals surface area (Å²) in [6.07, 6.45) is 0. The van der Waals surface area contributed by atoms with Gasteiger partial charge in [0, 0.05) is 11.1 Å². The van der Waals surface area contributed by atoms with Gasteiger partial charge in [0.1, 0.15) is 11.4 Å². The maximum Gasteiger partial charge on any atom is 0.356 e. The van der Waals surface area contributed by atoms with E-state index in [0.717, 1.165) is 5.69 Å². The maximum absolute atomic E-state index is 12.1. The molecule has 0 atom stereocenters. The zero-order valence-corrected chi connectivity index (χ0v) is 15.6. The van der Waals surface area contributed by atoms with Crippen LogP contribution in [0.3, 0.4) is 0 Å². The van der Waals surface area contributed by atoms with Crippen LogP contribution in [-0.4, -0.2) is 29.1 Å². The number of carbonyl (C=O) groups is 1. The van der Waals surface area contributed by atoms with Crippen LogP contribution in [0.25, 0.3) is 16.2 Å². The summed E-state index contributed by atoms with van der Waals surface area (Å²) in [6, 6.07) is 3.37. The number of hydrogen-bond acceptors (Lipinski definition) is 5. The van der Waals surface area contributed by atoms with E-state index in [4.69, 9.17) is 32.7 Å². The summed E-state index contributed by atoms with van der Waals surface area (Å²) < 4.78 is 12.3. The molecule has 0 saturated carbocycles. The largest absolute Gasteiger partial charge is 0.494 e. The van der Waals surface area contributed by atoms with E-state index in [1.54, 1.807) is 28.8 Å². The van der Waals surface area contributed by atoms with Crippen LogP contribution in [0.1, 0.15) is 23.1 Å². The van der Waals surface area contributed by atoms with Crippen molar-refractivity contribution >= 4 is 45.5 Å². The number of fused-ring (bicyclic) bond motifs is 1. The fourth-order valence-corrected chi connectivity index (χ4v) is 3.91. The van der Waals surface area contributed by atoms with Gasteiger partial charge < -0.3 is 9.47 Å². The monoisotopic (exact) mass is 384 g/mol. The number of benzene rings is 1. The van der Waals surface area contributed by atoms with E-state index in [9.17, 15) is 4.79 Å². The number of methoxy groups -OCH3 is 1. The first-order chi connectivity index (χ1) is 11.5. The summed E-state index contributed by atoms with van der Waals surface area (Å²) >= 11 is 13.9. The molecule has 1 aromatic carbocycles. The van der Waals surface area contributed by atoms with Gasteiger partial charge in [0.2, 0.25) is 0 Å². The minimum atomic E-state index is -0.389. The molecule has 0 saturated heterocycles. The summed E-state index contributed by atoms with van der Waals surface area (Å²) in [6.45, 7) is 3.94. The number of aromatic nitrogens is 2. The number of rotatable bonds is 4. The predicted molar refractivity (Wildman–Crippen MR) is 95.8 cm³/mol. The van der Waals surface area contributed by atoms with Crippen LogP contribution in [-0.2, 0) is 4.74 Å². The lowest BCUT2D eigenvalue weighted by atomic mass is 10.1. The molecule has 0 N–H and O–H groups in total. The molecule has 0 aliphatic heterocycles. The minimum Gasteiger partial charge on any atom is -0.494 e. The number of hydrogen-bond donors (Lipinski definition) is 0. The van der Waals surface area contributed by atoms with Crippen molar-refractivity contribution in [2.24, 2.45) is 0 Å². The fourth-order valence-electron chi connectivity index (χ4n) is 2.53. The molecule has 0 spiro atoms. The highest BCUT2D eigenvalue weighted by Gasteiger charge is 2.24. The van der Waals surface area contributed by atoms with E-state index >= 15 is 0 Å². The van der Waals surface area contributed by atoms with Crippen molar-refractivity contribution in [1.82, 2.24) is 9.38 Å². The van der Waals surface area contributed by atoms with Crippen LogP contribution < -0.4 is 4.74 Å². The number of halogens is 2. The highest BCUT2D eigenvalue weighted by molar-refractivity contribution is 7.15. The third-order valence-corrected chi connectivity index (χ3v) is 5.02. The molecule has 0 aliphatic rings. The summed E-state index contributed by atoms with van der Waals surface area (Å²) in [5, 5.41) is 2.65. The smallest absolute Gasteiger partial charge is 0.356 e. The van der Waals surface area contributed by atoms with Crippen molar-refractivity contribution in [1.29, 1.82) is 0 Å². The molecule has 24 heavy (non-hydrogen) atoms. The predicted octanol–water partition coefficient (Wildman–Crippen LogP) is 4.86. The Bertz CT molecular complexity index is 933. The highest BCUT2D eigenvalue weighted by atomic mass is 35.5. The molecule has 2 aromatic heterocycles. The van der Waals surface area contributed by atoms with Crippen LogP contribution in [0, 0.1) is 6.92 Å². The standard InChI is InChI=1S/C16H14Cl2N2O3S/c1-4-23-15(21)11-7-24-16-19-13(8(2)20(11)16)12-9(17)5-6-10(18)14(12)22-3/h5-7H,4H2,1-3H3. The third kappa shape index (κ3) is 2.64. The molecular formula is C16H14Cl2N2O3S. The van der Waals surface area contributed by atoms with E-state index in [1.807, 2.05) is 6.92 Å². The van der Waals surface area contributed by atoms with E-state index in [0.29, 0.717) is 44.3 Å². The number of carbonyl (C=O) groups excluding carboxylic acids is 1. The highest BCUT2D eigenvalue weighted by Crippen LogP contribution is 2.42. The Kier molecular flexibility index (Phi) is 4.71. The second-order valence-corrected chi connectivity index (χ2v) is 6.59. The summed E-state index contributed by atoms with van der Waals surface area (Å²) in [7, 11) is 1.53. The Labute approximate surface area is 152 Å². The number of nitrogens with zero attached hydrogens (tertiary/aromatic N) is 2. The van der Waals surface area contributed by atoms with Gasteiger partial charge in [-0.25, -0.2) is 9.78 Å². The molecule has 0 bridgehead atoms. The van der Waals surface area contributed by atoms with E-state index < -0.39 is 0 Å². The average molecular weight is 385 g/mol. The molecular weight excluding hydrogens is 371 g/mol. The van der Waals surface area contributed by atoms with Crippen LogP contribution in [0.2, 0.25) is 10.0 Å². The van der Waals surface area contributed by atoms with Gasteiger partial charge in [0.15, 0.2) is 4.96 Å². The fraction of sp³-hybridized carbons (Fsp3) is 0.250. The van der Waals surface area contributed by atoms with Crippen LogP contribution in [0.5, 0.6) is 5.75 Å². The zero-order valence-electron chi connectivity index (χ0n) is 13.2. The molecule has 3 aromatic rings. The first kappa shape index (κ1) is 17.1. The number of thiazole rings is 1. The normalized spacial score (nSPS) is 11.0. The quantitative estimate of drug-likeness (QED) is 0.602. The topological polar surface area (TPSA) is 52.8 Å². The van der Waals surface area contributed by atoms with E-state index in [2.05, 4.69) is 4.98 Å². The van der Waals surface area contributed by atoms with Crippen molar-refractivity contribution in [3.63, 3.8) is 0 Å². The Morgan fingerprint density at radius 3 is 2.71 bits per heavy atom. The van der Waals surface area contributed by atoms with Crippen LogP contribution in [0.15, 0.2) is 17.5 Å². The number of ether oxygens (including phenoxy) is 2. The van der Waals surface area contributed by atoms with Gasteiger partial charge in [-0.1, -0.05) is 23.2 Å². The molecule has 0 fully saturated rings.